The molecule has 2 aliphatic rings. The van der Waals surface area contributed by atoms with E-state index < -0.39 is 0 Å². The molecule has 2 heteroatoms. The molecule has 0 radical (unpaired) electrons. The molecule has 1 heterocycles. The lowest BCUT2D eigenvalue weighted by Gasteiger charge is -2.30. The first-order chi connectivity index (χ1) is 13.9. The summed E-state index contributed by atoms with van der Waals surface area (Å²) in [5, 5.41) is 7.45. The lowest BCUT2D eigenvalue weighted by Crippen LogP contribution is -2.27. The summed E-state index contributed by atoms with van der Waals surface area (Å²) in [5.41, 5.74) is 6.52. The Labute approximate surface area is 166 Å². The topological polar surface area (TPSA) is 15.6 Å². The van der Waals surface area contributed by atoms with Crippen molar-refractivity contribution in [3.05, 3.63) is 114 Å². The monoisotopic (exact) mass is 364 g/mol. The van der Waals surface area contributed by atoms with Crippen LogP contribution in [0.1, 0.15) is 30.0 Å². The van der Waals surface area contributed by atoms with Crippen LogP contribution in [0.2, 0.25) is 0 Å². The Hall–Kier alpha value is -3.13. The number of fused-ring (bicyclic) bond motifs is 1. The Bertz CT molecular complexity index is 990. The largest absolute Gasteiger partial charge is 0.257 e. The fourth-order valence-electron chi connectivity index (χ4n) is 4.51. The summed E-state index contributed by atoms with van der Waals surface area (Å²) in [6.45, 7) is 0. The molecular weight excluding hydrogens is 340 g/mol. The van der Waals surface area contributed by atoms with Gasteiger partial charge in [0.25, 0.3) is 0 Å². The van der Waals surface area contributed by atoms with Crippen molar-refractivity contribution in [2.24, 2.45) is 11.0 Å². The minimum atomic E-state index is 0.262. The van der Waals surface area contributed by atoms with Gasteiger partial charge in [0.2, 0.25) is 0 Å². The maximum atomic E-state index is 5.20. The molecule has 1 aliphatic carbocycles. The van der Waals surface area contributed by atoms with Crippen molar-refractivity contribution in [3.8, 4) is 0 Å². The quantitative estimate of drug-likeness (QED) is 0.539. The highest BCUT2D eigenvalue weighted by Gasteiger charge is 2.41. The highest BCUT2D eigenvalue weighted by Crippen LogP contribution is 2.44. The number of para-hydroxylation sites is 1. The molecule has 3 aromatic carbocycles. The van der Waals surface area contributed by atoms with Crippen LogP contribution < -0.4 is 5.01 Å². The van der Waals surface area contributed by atoms with E-state index in [4.69, 9.17) is 5.10 Å². The Balaban J connectivity index is 1.55. The number of rotatable bonds is 4. The molecule has 0 saturated heterocycles. The van der Waals surface area contributed by atoms with Gasteiger partial charge in [-0.2, -0.15) is 5.10 Å². The third-order valence-electron chi connectivity index (χ3n) is 5.81. The van der Waals surface area contributed by atoms with Gasteiger partial charge in [-0.3, -0.25) is 5.01 Å². The molecule has 0 aromatic heterocycles. The van der Waals surface area contributed by atoms with Gasteiger partial charge in [-0.15, -0.1) is 0 Å². The number of benzene rings is 3. The zero-order valence-corrected chi connectivity index (χ0v) is 15.9. The first-order valence-electron chi connectivity index (χ1n) is 10.1. The molecule has 0 N–H and O–H groups in total. The first kappa shape index (κ1) is 17.0. The number of nitrogens with zero attached hydrogens (tertiary/aromatic N) is 2. The summed E-state index contributed by atoms with van der Waals surface area (Å²) >= 11 is 0. The summed E-state index contributed by atoms with van der Waals surface area (Å²) in [5.74, 6) is 0.436. The molecule has 1 aliphatic heterocycles. The van der Waals surface area contributed by atoms with Crippen LogP contribution in [-0.4, -0.2) is 5.71 Å². The third kappa shape index (κ3) is 3.16. The number of hydrogen-bond acceptors (Lipinski definition) is 2. The van der Waals surface area contributed by atoms with Crippen molar-refractivity contribution < 1.29 is 0 Å². The maximum Gasteiger partial charge on any atom is 0.0860 e. The SMILES string of the molecule is C1=C(Cc2ccccc2)C2=NN(c3ccccc3)[C@@H](c3ccccc3)[C@H]2CC1. The second kappa shape index (κ2) is 7.47. The van der Waals surface area contributed by atoms with Gasteiger partial charge < -0.3 is 0 Å². The molecule has 0 saturated carbocycles. The van der Waals surface area contributed by atoms with Crippen molar-refractivity contribution >= 4 is 11.4 Å². The van der Waals surface area contributed by atoms with Gasteiger partial charge in [-0.05, 0) is 48.1 Å². The fourth-order valence-corrected chi connectivity index (χ4v) is 4.51. The zero-order valence-electron chi connectivity index (χ0n) is 15.9. The van der Waals surface area contributed by atoms with Crippen LogP contribution in [0.25, 0.3) is 0 Å². The van der Waals surface area contributed by atoms with Crippen LogP contribution in [-0.2, 0) is 6.42 Å². The van der Waals surface area contributed by atoms with E-state index in [9.17, 15) is 0 Å². The van der Waals surface area contributed by atoms with Crippen molar-refractivity contribution in [2.75, 3.05) is 5.01 Å². The van der Waals surface area contributed by atoms with Gasteiger partial charge in [0.05, 0.1) is 17.4 Å². The van der Waals surface area contributed by atoms with Crippen molar-refractivity contribution in [2.45, 2.75) is 25.3 Å². The van der Waals surface area contributed by atoms with Crippen molar-refractivity contribution in [1.82, 2.24) is 0 Å². The van der Waals surface area contributed by atoms with Crippen LogP contribution in [0.15, 0.2) is 108 Å². The molecular formula is C26H24N2. The zero-order chi connectivity index (χ0) is 18.8. The van der Waals surface area contributed by atoms with E-state index in [-0.39, 0.29) is 6.04 Å². The van der Waals surface area contributed by atoms with Crippen molar-refractivity contribution in [1.29, 1.82) is 0 Å². The average Bonchev–Trinajstić information content (AvgIpc) is 3.16. The first-order valence-corrected chi connectivity index (χ1v) is 10.1. The van der Waals surface area contributed by atoms with Gasteiger partial charge >= 0.3 is 0 Å². The molecule has 0 unspecified atom stereocenters. The lowest BCUT2D eigenvalue weighted by molar-refractivity contribution is 0.514. The molecule has 28 heavy (non-hydrogen) atoms. The molecule has 0 fully saturated rings. The molecule has 5 rings (SSSR count). The molecule has 2 nitrogen and oxygen atoms in total. The maximum absolute atomic E-state index is 5.20. The Morgan fingerprint density at radius 2 is 1.43 bits per heavy atom. The molecule has 138 valence electrons. The standard InChI is InChI=1S/C26H24N2/c1-4-11-20(12-5-1)19-22-15-10-18-24-25(22)27-28(23-16-8-3-9-17-23)26(24)21-13-6-2-7-14-21/h1-9,11-17,24,26H,10,18-19H2/t24-,26-/m0/s1. The smallest absolute Gasteiger partial charge is 0.0860 e. The van der Waals surface area contributed by atoms with Gasteiger partial charge in [-0.25, -0.2) is 0 Å². The van der Waals surface area contributed by atoms with Gasteiger partial charge in [0, 0.05) is 5.92 Å². The van der Waals surface area contributed by atoms with E-state index in [1.807, 2.05) is 0 Å². The Kier molecular flexibility index (Phi) is 4.54. The van der Waals surface area contributed by atoms with Crippen LogP contribution in [0.4, 0.5) is 5.69 Å². The summed E-state index contributed by atoms with van der Waals surface area (Å²) in [4.78, 5) is 0. The van der Waals surface area contributed by atoms with Crippen molar-refractivity contribution in [3.63, 3.8) is 0 Å². The number of hydrogen-bond donors (Lipinski definition) is 0. The molecule has 0 spiro atoms. The summed E-state index contributed by atoms with van der Waals surface area (Å²) in [7, 11) is 0. The van der Waals surface area contributed by atoms with E-state index in [1.165, 1.54) is 22.4 Å². The number of allylic oxidation sites excluding steroid dienone is 2. The fraction of sp³-hybridized carbons (Fsp3) is 0.192. The van der Waals surface area contributed by atoms with Crippen LogP contribution in [0.3, 0.4) is 0 Å². The van der Waals surface area contributed by atoms with Crippen LogP contribution in [0.5, 0.6) is 0 Å². The predicted molar refractivity (Wildman–Crippen MR) is 116 cm³/mol. The number of anilines is 1. The Morgan fingerprint density at radius 3 is 2.14 bits per heavy atom. The lowest BCUT2D eigenvalue weighted by atomic mass is 9.78. The highest BCUT2D eigenvalue weighted by atomic mass is 15.5. The predicted octanol–water partition coefficient (Wildman–Crippen LogP) is 6.18. The summed E-state index contributed by atoms with van der Waals surface area (Å²) in [6.07, 6.45) is 5.64. The molecule has 3 aromatic rings. The van der Waals surface area contributed by atoms with E-state index in [1.54, 1.807) is 0 Å². The normalized spacial score (nSPS) is 21.1. The summed E-state index contributed by atoms with van der Waals surface area (Å²) < 4.78 is 0. The van der Waals surface area contributed by atoms with E-state index in [2.05, 4.69) is 102 Å². The Morgan fingerprint density at radius 1 is 0.786 bits per heavy atom. The average molecular weight is 364 g/mol. The van der Waals surface area contributed by atoms with Gasteiger partial charge in [0.15, 0.2) is 0 Å². The van der Waals surface area contributed by atoms with Gasteiger partial charge in [0.1, 0.15) is 0 Å². The van der Waals surface area contributed by atoms with E-state index in [0.29, 0.717) is 5.92 Å². The highest BCUT2D eigenvalue weighted by molar-refractivity contribution is 6.05. The minimum absolute atomic E-state index is 0.262. The second-order valence-corrected chi connectivity index (χ2v) is 7.60. The molecule has 0 bridgehead atoms. The van der Waals surface area contributed by atoms with E-state index in [0.717, 1.165) is 24.9 Å². The van der Waals surface area contributed by atoms with Crippen LogP contribution >= 0.6 is 0 Å². The van der Waals surface area contributed by atoms with Gasteiger partial charge in [-0.1, -0.05) is 84.9 Å². The summed E-state index contributed by atoms with van der Waals surface area (Å²) in [6, 6.07) is 32.5. The number of hydrazone groups is 1. The van der Waals surface area contributed by atoms with E-state index >= 15 is 0 Å². The minimum Gasteiger partial charge on any atom is -0.257 e. The third-order valence-corrected chi connectivity index (χ3v) is 5.81. The second-order valence-electron chi connectivity index (χ2n) is 7.60. The van der Waals surface area contributed by atoms with Crippen LogP contribution in [0, 0.1) is 5.92 Å². The molecule has 0 amide bonds. The molecule has 2 atom stereocenters.